The molecule has 0 unspecified atom stereocenters. The summed E-state index contributed by atoms with van der Waals surface area (Å²) in [5.74, 6) is -0.647. The van der Waals surface area contributed by atoms with Gasteiger partial charge in [-0.05, 0) is 60.9 Å². The molecule has 1 aliphatic carbocycles. The van der Waals surface area contributed by atoms with Crippen LogP contribution < -0.4 is 20.7 Å². The second-order valence-electron chi connectivity index (χ2n) is 8.02. The maximum atomic E-state index is 13.3. The molecular formula is C26H24FN3O4. The molecule has 0 spiro atoms. The Hall–Kier alpha value is -4.20. The average Bonchev–Trinajstić information content (AvgIpc) is 3.68. The van der Waals surface area contributed by atoms with E-state index in [1.165, 1.54) is 18.2 Å². The number of rotatable bonds is 9. The maximum absolute atomic E-state index is 13.3. The summed E-state index contributed by atoms with van der Waals surface area (Å²) in [6, 6.07) is 19.3. The molecule has 3 N–H and O–H groups in total. The number of carbonyl (C=O) groups is 3. The fourth-order valence-corrected chi connectivity index (χ4v) is 3.25. The van der Waals surface area contributed by atoms with Crippen molar-refractivity contribution in [2.24, 2.45) is 5.92 Å². The highest BCUT2D eigenvalue weighted by atomic mass is 19.1. The zero-order chi connectivity index (χ0) is 23.9. The number of anilines is 2. The van der Waals surface area contributed by atoms with Gasteiger partial charge in [-0.25, -0.2) is 4.39 Å². The van der Waals surface area contributed by atoms with Gasteiger partial charge in [0.2, 0.25) is 5.91 Å². The van der Waals surface area contributed by atoms with E-state index >= 15 is 0 Å². The van der Waals surface area contributed by atoms with Gasteiger partial charge >= 0.3 is 0 Å². The summed E-state index contributed by atoms with van der Waals surface area (Å²) in [5.41, 5.74) is 2.15. The van der Waals surface area contributed by atoms with Gasteiger partial charge in [0.15, 0.2) is 6.61 Å². The topological polar surface area (TPSA) is 96.5 Å². The molecular weight excluding hydrogens is 437 g/mol. The summed E-state index contributed by atoms with van der Waals surface area (Å²) in [4.78, 5) is 36.4. The van der Waals surface area contributed by atoms with Crippen LogP contribution in [0.3, 0.4) is 0 Å². The number of hydrogen-bond acceptors (Lipinski definition) is 4. The number of nitrogens with one attached hydrogen (secondary N) is 3. The average molecular weight is 461 g/mol. The lowest BCUT2D eigenvalue weighted by Gasteiger charge is -2.11. The third-order valence-electron chi connectivity index (χ3n) is 5.18. The molecule has 3 amide bonds. The number of amides is 3. The van der Waals surface area contributed by atoms with Gasteiger partial charge in [-0.15, -0.1) is 0 Å². The number of benzene rings is 3. The lowest BCUT2D eigenvalue weighted by atomic mass is 10.1. The van der Waals surface area contributed by atoms with Gasteiger partial charge in [0.1, 0.15) is 11.6 Å². The van der Waals surface area contributed by atoms with E-state index in [1.54, 1.807) is 42.5 Å². The Morgan fingerprint density at radius 1 is 0.882 bits per heavy atom. The number of halogens is 1. The minimum atomic E-state index is -0.485. The van der Waals surface area contributed by atoms with Crippen molar-refractivity contribution in [3.63, 3.8) is 0 Å². The molecule has 1 saturated carbocycles. The van der Waals surface area contributed by atoms with Crippen LogP contribution in [0.4, 0.5) is 15.8 Å². The van der Waals surface area contributed by atoms with Crippen LogP contribution in [0.1, 0.15) is 28.8 Å². The third-order valence-corrected chi connectivity index (χ3v) is 5.18. The molecule has 0 heterocycles. The number of hydrogen-bond donors (Lipinski definition) is 3. The molecule has 1 fully saturated rings. The Morgan fingerprint density at radius 3 is 2.38 bits per heavy atom. The molecule has 0 saturated heterocycles. The van der Waals surface area contributed by atoms with E-state index in [0.717, 1.165) is 24.5 Å². The van der Waals surface area contributed by atoms with Gasteiger partial charge in [0.25, 0.3) is 11.8 Å². The second kappa shape index (κ2) is 10.6. The second-order valence-corrected chi connectivity index (χ2v) is 8.02. The van der Waals surface area contributed by atoms with Gasteiger partial charge in [-0.3, -0.25) is 14.4 Å². The SMILES string of the molecule is O=C(COc1cccc(NC(=O)C2CC2)c1)NCc1cccc(NC(=O)c2cccc(F)c2)c1. The smallest absolute Gasteiger partial charge is 0.258 e. The Morgan fingerprint density at radius 2 is 1.62 bits per heavy atom. The van der Waals surface area contributed by atoms with E-state index in [2.05, 4.69) is 16.0 Å². The highest BCUT2D eigenvalue weighted by molar-refractivity contribution is 6.04. The summed E-state index contributed by atoms with van der Waals surface area (Å²) in [5, 5.41) is 8.32. The molecule has 174 valence electrons. The van der Waals surface area contributed by atoms with E-state index in [4.69, 9.17) is 4.74 Å². The molecule has 0 aliphatic heterocycles. The fourth-order valence-electron chi connectivity index (χ4n) is 3.25. The van der Waals surface area contributed by atoms with Gasteiger partial charge in [0.05, 0.1) is 0 Å². The largest absolute Gasteiger partial charge is 0.484 e. The molecule has 3 aromatic carbocycles. The van der Waals surface area contributed by atoms with Crippen molar-refractivity contribution in [1.29, 1.82) is 0 Å². The van der Waals surface area contributed by atoms with E-state index in [-0.39, 0.29) is 36.4 Å². The predicted molar refractivity (Wildman–Crippen MR) is 126 cm³/mol. The van der Waals surface area contributed by atoms with Crippen LogP contribution in [0.15, 0.2) is 72.8 Å². The molecule has 34 heavy (non-hydrogen) atoms. The number of carbonyl (C=O) groups excluding carboxylic acids is 3. The molecule has 0 radical (unpaired) electrons. The zero-order valence-electron chi connectivity index (χ0n) is 18.3. The summed E-state index contributed by atoms with van der Waals surface area (Å²) in [6.07, 6.45) is 1.84. The Bertz CT molecular complexity index is 1210. The quantitative estimate of drug-likeness (QED) is 0.447. The summed E-state index contributed by atoms with van der Waals surface area (Å²) in [7, 11) is 0. The van der Waals surface area contributed by atoms with Crippen LogP contribution in [0, 0.1) is 11.7 Å². The van der Waals surface area contributed by atoms with Crippen molar-refractivity contribution in [2.75, 3.05) is 17.2 Å². The Kier molecular flexibility index (Phi) is 7.17. The lowest BCUT2D eigenvalue weighted by Crippen LogP contribution is -2.28. The summed E-state index contributed by atoms with van der Waals surface area (Å²) in [6.45, 7) is 0.0549. The van der Waals surface area contributed by atoms with Crippen LogP contribution in [0.5, 0.6) is 5.75 Å². The van der Waals surface area contributed by atoms with Crippen molar-refractivity contribution in [3.8, 4) is 5.75 Å². The first kappa shape index (κ1) is 23.0. The van der Waals surface area contributed by atoms with Crippen molar-refractivity contribution < 1.29 is 23.5 Å². The minimum absolute atomic E-state index is 0.00393. The van der Waals surface area contributed by atoms with E-state index in [1.807, 2.05) is 6.07 Å². The van der Waals surface area contributed by atoms with Crippen molar-refractivity contribution in [1.82, 2.24) is 5.32 Å². The Balaban J connectivity index is 1.25. The van der Waals surface area contributed by atoms with Crippen molar-refractivity contribution in [2.45, 2.75) is 19.4 Å². The van der Waals surface area contributed by atoms with Crippen LogP contribution in [0.2, 0.25) is 0 Å². The van der Waals surface area contributed by atoms with Gasteiger partial charge in [-0.1, -0.05) is 24.3 Å². The normalized spacial score (nSPS) is 12.5. The highest BCUT2D eigenvalue weighted by Gasteiger charge is 2.29. The minimum Gasteiger partial charge on any atom is -0.484 e. The van der Waals surface area contributed by atoms with Gasteiger partial charge in [-0.2, -0.15) is 0 Å². The standard InChI is InChI=1S/C26H24FN3O4/c27-20-6-2-5-19(13-20)26(33)29-21-7-1-4-17(12-21)15-28-24(31)16-34-23-9-3-8-22(14-23)30-25(32)18-10-11-18/h1-9,12-14,18H,10-11,15-16H2,(H,28,31)(H,29,33)(H,30,32). The summed E-state index contributed by atoms with van der Waals surface area (Å²) < 4.78 is 18.9. The summed E-state index contributed by atoms with van der Waals surface area (Å²) >= 11 is 0. The molecule has 0 aromatic heterocycles. The van der Waals surface area contributed by atoms with Crippen molar-refractivity contribution >= 4 is 29.1 Å². The molecule has 0 atom stereocenters. The molecule has 7 nitrogen and oxygen atoms in total. The molecule has 3 aromatic rings. The van der Waals surface area contributed by atoms with Gasteiger partial charge < -0.3 is 20.7 Å². The Labute approximate surface area is 196 Å². The van der Waals surface area contributed by atoms with Crippen LogP contribution >= 0.6 is 0 Å². The zero-order valence-corrected chi connectivity index (χ0v) is 18.3. The highest BCUT2D eigenvalue weighted by Crippen LogP contribution is 2.30. The van der Waals surface area contributed by atoms with Gasteiger partial charge in [0, 0.05) is 35.5 Å². The predicted octanol–water partition coefficient (Wildman–Crippen LogP) is 4.12. The molecule has 4 rings (SSSR count). The van der Waals surface area contributed by atoms with E-state index in [9.17, 15) is 18.8 Å². The van der Waals surface area contributed by atoms with Crippen molar-refractivity contribution in [3.05, 3.63) is 89.7 Å². The first-order valence-electron chi connectivity index (χ1n) is 10.9. The fraction of sp³-hybridized carbons (Fsp3) is 0.192. The monoisotopic (exact) mass is 461 g/mol. The molecule has 0 bridgehead atoms. The lowest BCUT2D eigenvalue weighted by molar-refractivity contribution is -0.123. The maximum Gasteiger partial charge on any atom is 0.258 e. The molecule has 8 heteroatoms. The molecule has 1 aliphatic rings. The van der Waals surface area contributed by atoms with Crippen LogP contribution in [-0.4, -0.2) is 24.3 Å². The van der Waals surface area contributed by atoms with E-state index in [0.29, 0.717) is 17.1 Å². The first-order chi connectivity index (χ1) is 16.5. The van der Waals surface area contributed by atoms with Crippen LogP contribution in [-0.2, 0) is 16.1 Å². The number of ether oxygens (including phenoxy) is 1. The third kappa shape index (κ3) is 6.65. The first-order valence-corrected chi connectivity index (χ1v) is 10.9. The van der Waals surface area contributed by atoms with E-state index < -0.39 is 11.7 Å². The van der Waals surface area contributed by atoms with Crippen LogP contribution in [0.25, 0.3) is 0 Å².